The Bertz CT molecular complexity index is 652. The van der Waals surface area contributed by atoms with Crippen LogP contribution in [0.5, 0.6) is 0 Å². The van der Waals surface area contributed by atoms with Crippen molar-refractivity contribution < 1.29 is 4.79 Å². The Morgan fingerprint density at radius 3 is 2.62 bits per heavy atom. The number of anilines is 1. The molecule has 0 aromatic carbocycles. The van der Waals surface area contributed by atoms with E-state index in [-0.39, 0.29) is 12.1 Å². The number of hydrogen-bond donors (Lipinski definition) is 2. The second-order valence-corrected chi connectivity index (χ2v) is 7.11. The molecule has 2 N–H and O–H groups in total. The fourth-order valence-electron chi connectivity index (χ4n) is 2.79. The van der Waals surface area contributed by atoms with Crippen LogP contribution in [0.25, 0.3) is 0 Å². The van der Waals surface area contributed by atoms with E-state index in [2.05, 4.69) is 44.6 Å². The van der Waals surface area contributed by atoms with Crippen molar-refractivity contribution in [1.29, 1.82) is 0 Å². The Kier molecular flexibility index (Phi) is 5.63. The molecule has 0 saturated carbocycles. The van der Waals surface area contributed by atoms with Crippen LogP contribution >= 0.6 is 11.3 Å². The number of piperidine rings is 1. The topological polar surface area (TPSA) is 70.2 Å². The van der Waals surface area contributed by atoms with Crippen molar-refractivity contribution in [1.82, 2.24) is 20.6 Å². The van der Waals surface area contributed by atoms with Crippen molar-refractivity contribution in [2.24, 2.45) is 0 Å². The molecule has 1 fully saturated rings. The van der Waals surface area contributed by atoms with Crippen LogP contribution in [0.15, 0.2) is 30.6 Å². The Morgan fingerprint density at radius 2 is 1.96 bits per heavy atom. The molecule has 0 unspecified atom stereocenters. The van der Waals surface area contributed by atoms with Crippen LogP contribution in [0.2, 0.25) is 0 Å². The molecule has 1 aliphatic rings. The molecule has 2 aromatic rings. The molecular formula is C17H23N5OS. The van der Waals surface area contributed by atoms with Crippen LogP contribution in [0.1, 0.15) is 29.5 Å². The molecule has 7 heteroatoms. The standard InChI is InChI=1S/C17H23N5OS/c1-2-14-4-5-15(24-14)12-20-17(23)21-13-6-10-22(11-7-13)16-18-8-3-9-19-16/h3-5,8-9,13H,2,6-7,10-12H2,1H3,(H2,20,21,23). The predicted octanol–water partition coefficient (Wildman–Crippen LogP) is 2.57. The number of thiophene rings is 1. The number of amides is 2. The Balaban J connectivity index is 1.40. The summed E-state index contributed by atoms with van der Waals surface area (Å²) in [5.41, 5.74) is 0. The summed E-state index contributed by atoms with van der Waals surface area (Å²) >= 11 is 1.76. The zero-order chi connectivity index (χ0) is 16.8. The average molecular weight is 345 g/mol. The summed E-state index contributed by atoms with van der Waals surface area (Å²) in [6, 6.07) is 6.15. The van der Waals surface area contributed by atoms with Crippen LogP contribution in [-0.4, -0.2) is 35.1 Å². The van der Waals surface area contributed by atoms with Gasteiger partial charge < -0.3 is 15.5 Å². The number of carbonyl (C=O) groups is 1. The third-order valence-electron chi connectivity index (χ3n) is 4.15. The predicted molar refractivity (Wildman–Crippen MR) is 96.3 cm³/mol. The van der Waals surface area contributed by atoms with Crippen LogP contribution in [0, 0.1) is 0 Å². The molecule has 24 heavy (non-hydrogen) atoms. The van der Waals surface area contributed by atoms with E-state index < -0.39 is 0 Å². The van der Waals surface area contributed by atoms with Gasteiger partial charge in [-0.2, -0.15) is 0 Å². The number of carbonyl (C=O) groups excluding carboxylic acids is 1. The van der Waals surface area contributed by atoms with Gasteiger partial charge in [-0.1, -0.05) is 6.92 Å². The zero-order valence-electron chi connectivity index (χ0n) is 13.9. The first-order valence-electron chi connectivity index (χ1n) is 8.38. The summed E-state index contributed by atoms with van der Waals surface area (Å²) < 4.78 is 0. The number of rotatable bonds is 5. The van der Waals surface area contributed by atoms with Crippen molar-refractivity contribution in [3.8, 4) is 0 Å². The van der Waals surface area contributed by atoms with E-state index >= 15 is 0 Å². The Hall–Kier alpha value is -2.15. The first-order chi connectivity index (χ1) is 11.7. The monoisotopic (exact) mass is 345 g/mol. The van der Waals surface area contributed by atoms with Crippen molar-refractivity contribution >= 4 is 23.3 Å². The Labute approximate surface area is 146 Å². The molecule has 2 aromatic heterocycles. The quantitative estimate of drug-likeness (QED) is 0.874. The molecule has 0 atom stereocenters. The summed E-state index contributed by atoms with van der Waals surface area (Å²) in [6.45, 7) is 4.45. The second-order valence-electron chi connectivity index (χ2n) is 5.86. The van der Waals surface area contributed by atoms with Gasteiger partial charge in [-0.3, -0.25) is 0 Å². The lowest BCUT2D eigenvalue weighted by Gasteiger charge is -2.32. The van der Waals surface area contributed by atoms with Crippen LogP contribution < -0.4 is 15.5 Å². The van der Waals surface area contributed by atoms with Gasteiger partial charge in [0.1, 0.15) is 0 Å². The van der Waals surface area contributed by atoms with Gasteiger partial charge in [0, 0.05) is 41.3 Å². The lowest BCUT2D eigenvalue weighted by Crippen LogP contribution is -2.48. The molecule has 1 saturated heterocycles. The first-order valence-corrected chi connectivity index (χ1v) is 9.20. The maximum absolute atomic E-state index is 12.1. The molecular weight excluding hydrogens is 322 g/mol. The number of urea groups is 1. The normalized spacial score (nSPS) is 15.3. The molecule has 3 rings (SSSR count). The molecule has 128 valence electrons. The van der Waals surface area contributed by atoms with Gasteiger partial charge >= 0.3 is 6.03 Å². The first kappa shape index (κ1) is 16.7. The summed E-state index contributed by atoms with van der Waals surface area (Å²) in [7, 11) is 0. The maximum Gasteiger partial charge on any atom is 0.315 e. The molecule has 0 aliphatic carbocycles. The van der Waals surface area contributed by atoms with Gasteiger partial charge in [-0.15, -0.1) is 11.3 Å². The molecule has 3 heterocycles. The minimum absolute atomic E-state index is 0.0872. The molecule has 0 radical (unpaired) electrons. The highest BCUT2D eigenvalue weighted by atomic mass is 32.1. The van der Waals surface area contributed by atoms with E-state index in [4.69, 9.17) is 0 Å². The van der Waals surface area contributed by atoms with Gasteiger partial charge in [0.15, 0.2) is 0 Å². The molecule has 0 bridgehead atoms. The van der Waals surface area contributed by atoms with Crippen molar-refractivity contribution in [2.75, 3.05) is 18.0 Å². The second kappa shape index (κ2) is 8.10. The van der Waals surface area contributed by atoms with Gasteiger partial charge in [-0.25, -0.2) is 14.8 Å². The molecule has 0 spiro atoms. The van der Waals surface area contributed by atoms with Gasteiger partial charge in [-0.05, 0) is 37.5 Å². The number of nitrogens with zero attached hydrogens (tertiary/aromatic N) is 3. The summed E-state index contributed by atoms with van der Waals surface area (Å²) in [5, 5.41) is 6.02. The minimum atomic E-state index is -0.0872. The highest BCUT2D eigenvalue weighted by Gasteiger charge is 2.21. The molecule has 1 aliphatic heterocycles. The zero-order valence-corrected chi connectivity index (χ0v) is 14.7. The summed E-state index contributed by atoms with van der Waals surface area (Å²) in [4.78, 5) is 25.3. The van der Waals surface area contributed by atoms with Gasteiger partial charge in [0.25, 0.3) is 0 Å². The maximum atomic E-state index is 12.1. The number of nitrogens with one attached hydrogen (secondary N) is 2. The fourth-order valence-corrected chi connectivity index (χ4v) is 3.69. The van der Waals surface area contributed by atoms with E-state index in [1.165, 1.54) is 9.75 Å². The van der Waals surface area contributed by atoms with Crippen molar-refractivity contribution in [2.45, 2.75) is 38.8 Å². The minimum Gasteiger partial charge on any atom is -0.341 e. The third kappa shape index (κ3) is 4.44. The number of aryl methyl sites for hydroxylation is 1. The highest BCUT2D eigenvalue weighted by Crippen LogP contribution is 2.17. The summed E-state index contributed by atoms with van der Waals surface area (Å²) in [6.07, 6.45) is 6.37. The van der Waals surface area contributed by atoms with E-state index in [1.807, 2.05) is 6.07 Å². The smallest absolute Gasteiger partial charge is 0.315 e. The molecule has 6 nitrogen and oxygen atoms in total. The van der Waals surface area contributed by atoms with Crippen molar-refractivity contribution in [3.05, 3.63) is 40.3 Å². The largest absolute Gasteiger partial charge is 0.341 e. The van der Waals surface area contributed by atoms with E-state index in [9.17, 15) is 4.79 Å². The van der Waals surface area contributed by atoms with Gasteiger partial charge in [0.05, 0.1) is 6.54 Å². The van der Waals surface area contributed by atoms with Crippen LogP contribution in [0.4, 0.5) is 10.7 Å². The third-order valence-corrected chi connectivity index (χ3v) is 5.38. The van der Waals surface area contributed by atoms with E-state index in [0.29, 0.717) is 6.54 Å². The SMILES string of the molecule is CCc1ccc(CNC(=O)NC2CCN(c3ncccn3)CC2)s1. The van der Waals surface area contributed by atoms with Gasteiger partial charge in [0.2, 0.25) is 5.95 Å². The van der Waals surface area contributed by atoms with Crippen molar-refractivity contribution in [3.63, 3.8) is 0 Å². The molecule has 2 amide bonds. The van der Waals surface area contributed by atoms with E-state index in [1.54, 1.807) is 23.7 Å². The number of hydrogen-bond acceptors (Lipinski definition) is 5. The average Bonchev–Trinajstić information content (AvgIpc) is 3.10. The van der Waals surface area contributed by atoms with Crippen LogP contribution in [0.3, 0.4) is 0 Å². The lowest BCUT2D eigenvalue weighted by atomic mass is 10.1. The van der Waals surface area contributed by atoms with E-state index in [0.717, 1.165) is 38.3 Å². The fraction of sp³-hybridized carbons (Fsp3) is 0.471. The lowest BCUT2D eigenvalue weighted by molar-refractivity contribution is 0.234. The van der Waals surface area contributed by atoms with Crippen LogP contribution in [-0.2, 0) is 13.0 Å². The highest BCUT2D eigenvalue weighted by molar-refractivity contribution is 7.11. The number of aromatic nitrogens is 2. The Morgan fingerprint density at radius 1 is 1.25 bits per heavy atom. The summed E-state index contributed by atoms with van der Waals surface area (Å²) in [5.74, 6) is 0.768.